The fraction of sp³-hybridized carbons (Fsp3) is 0.459. The van der Waals surface area contributed by atoms with E-state index >= 15 is 0 Å². The van der Waals surface area contributed by atoms with Crippen molar-refractivity contribution >= 4 is 39.6 Å². The van der Waals surface area contributed by atoms with Crippen molar-refractivity contribution in [3.63, 3.8) is 0 Å². The molecular weight excluding hydrogens is 678 g/mol. The molecular formula is C37H44BrN3O7. The summed E-state index contributed by atoms with van der Waals surface area (Å²) in [6, 6.07) is 16.2. The number of likely N-dealkylation sites (tertiary alicyclic amines) is 1. The number of allylic oxidation sites excluding steroid dienone is 1. The SMILES string of the molecule is C=CCCC(=O)N[C@H](C)[C@@H](OC(=O)[C@@H]1[C@H]2O[C@@]3(CC2Br)[C@H](C(=O)N(CC=C)Cc2ccccc2)N([C@H](C)CO)C(=O)[C@@H]13)c1ccccc1. The second-order valence-electron chi connectivity index (χ2n) is 12.9. The zero-order chi connectivity index (χ0) is 34.6. The lowest BCUT2D eigenvalue weighted by atomic mass is 9.70. The number of alkyl halides is 1. The molecule has 3 fully saturated rings. The van der Waals surface area contributed by atoms with E-state index in [1.165, 1.54) is 4.90 Å². The Kier molecular flexibility index (Phi) is 11.2. The van der Waals surface area contributed by atoms with Crippen LogP contribution in [0.15, 0.2) is 86.0 Å². The highest BCUT2D eigenvalue weighted by Gasteiger charge is 2.77. The van der Waals surface area contributed by atoms with E-state index < -0.39 is 59.6 Å². The Bertz CT molecular complexity index is 1510. The predicted octanol–water partition coefficient (Wildman–Crippen LogP) is 4.09. The zero-order valence-corrected chi connectivity index (χ0v) is 29.0. The summed E-state index contributed by atoms with van der Waals surface area (Å²) in [4.78, 5) is 58.7. The van der Waals surface area contributed by atoms with Gasteiger partial charge >= 0.3 is 5.97 Å². The van der Waals surface area contributed by atoms with Crippen LogP contribution >= 0.6 is 15.9 Å². The van der Waals surface area contributed by atoms with Crippen LogP contribution < -0.4 is 5.32 Å². The topological polar surface area (TPSA) is 125 Å². The zero-order valence-electron chi connectivity index (χ0n) is 27.4. The van der Waals surface area contributed by atoms with Crippen molar-refractivity contribution < 1.29 is 33.8 Å². The first-order valence-corrected chi connectivity index (χ1v) is 17.3. The van der Waals surface area contributed by atoms with Crippen molar-refractivity contribution in [1.29, 1.82) is 0 Å². The van der Waals surface area contributed by atoms with Crippen molar-refractivity contribution in [2.75, 3.05) is 13.2 Å². The molecule has 2 aromatic rings. The number of hydrogen-bond acceptors (Lipinski definition) is 7. The normalized spacial score (nSPS) is 27.5. The molecule has 5 rings (SSSR count). The summed E-state index contributed by atoms with van der Waals surface area (Å²) in [5.74, 6) is -3.67. The molecule has 1 spiro atoms. The Balaban J connectivity index is 1.48. The molecule has 3 aliphatic rings. The molecule has 11 heteroatoms. The number of esters is 1. The summed E-state index contributed by atoms with van der Waals surface area (Å²) in [5.41, 5.74) is 0.254. The van der Waals surface area contributed by atoms with Crippen LogP contribution in [0.25, 0.3) is 0 Å². The summed E-state index contributed by atoms with van der Waals surface area (Å²) < 4.78 is 12.9. The van der Waals surface area contributed by atoms with E-state index in [9.17, 15) is 24.3 Å². The number of ether oxygens (including phenoxy) is 2. The lowest BCUT2D eigenvalue weighted by molar-refractivity contribution is -0.162. The molecule has 48 heavy (non-hydrogen) atoms. The van der Waals surface area contributed by atoms with Gasteiger partial charge in [0.25, 0.3) is 0 Å². The van der Waals surface area contributed by atoms with E-state index in [4.69, 9.17) is 9.47 Å². The van der Waals surface area contributed by atoms with Gasteiger partial charge in [-0.05, 0) is 37.8 Å². The molecule has 3 amide bonds. The van der Waals surface area contributed by atoms with E-state index in [0.29, 0.717) is 18.4 Å². The fourth-order valence-electron chi connectivity index (χ4n) is 7.48. The quantitative estimate of drug-likeness (QED) is 0.161. The van der Waals surface area contributed by atoms with Gasteiger partial charge in [0, 0.05) is 24.3 Å². The van der Waals surface area contributed by atoms with Crippen molar-refractivity contribution in [1.82, 2.24) is 15.1 Å². The fourth-order valence-corrected chi connectivity index (χ4v) is 8.43. The third-order valence-corrected chi connectivity index (χ3v) is 10.5. The van der Waals surface area contributed by atoms with Crippen LogP contribution in [0.4, 0.5) is 0 Å². The van der Waals surface area contributed by atoms with Gasteiger partial charge in [0.1, 0.15) is 17.7 Å². The third-order valence-electron chi connectivity index (χ3n) is 9.64. The number of carbonyl (C=O) groups is 4. The average molecular weight is 723 g/mol. The Morgan fingerprint density at radius 2 is 1.79 bits per heavy atom. The largest absolute Gasteiger partial charge is 0.455 e. The molecule has 256 valence electrons. The first-order chi connectivity index (χ1) is 23.1. The molecule has 2 aromatic carbocycles. The number of nitrogens with zero attached hydrogens (tertiary/aromatic N) is 2. The molecule has 3 heterocycles. The molecule has 0 saturated carbocycles. The molecule has 0 radical (unpaired) electrons. The maximum absolute atomic E-state index is 14.6. The number of amides is 3. The van der Waals surface area contributed by atoms with E-state index in [1.807, 2.05) is 60.7 Å². The number of rotatable bonds is 15. The molecule has 0 aliphatic carbocycles. The Morgan fingerprint density at radius 1 is 1.12 bits per heavy atom. The van der Waals surface area contributed by atoms with Gasteiger partial charge in [0.15, 0.2) is 0 Å². The van der Waals surface area contributed by atoms with Crippen molar-refractivity contribution in [2.45, 2.75) is 80.4 Å². The summed E-state index contributed by atoms with van der Waals surface area (Å²) >= 11 is 3.71. The molecule has 1 unspecified atom stereocenters. The molecule has 0 aromatic heterocycles. The van der Waals surface area contributed by atoms with Gasteiger partial charge < -0.3 is 29.7 Å². The number of carbonyl (C=O) groups excluding carboxylic acids is 4. The van der Waals surface area contributed by atoms with Crippen LogP contribution in [0.3, 0.4) is 0 Å². The van der Waals surface area contributed by atoms with Crippen molar-refractivity contribution in [2.24, 2.45) is 11.8 Å². The lowest BCUT2D eigenvalue weighted by Crippen LogP contribution is -2.58. The molecule has 10 nitrogen and oxygen atoms in total. The maximum atomic E-state index is 14.6. The van der Waals surface area contributed by atoms with Crippen LogP contribution in [0, 0.1) is 11.8 Å². The van der Waals surface area contributed by atoms with Crippen LogP contribution in [-0.4, -0.2) is 86.4 Å². The van der Waals surface area contributed by atoms with Gasteiger partial charge in [-0.15, -0.1) is 13.2 Å². The Hall–Kier alpha value is -3.80. The summed E-state index contributed by atoms with van der Waals surface area (Å²) in [6.45, 7) is 11.1. The molecule has 9 atom stereocenters. The first-order valence-electron chi connectivity index (χ1n) is 16.4. The number of halogens is 1. The number of aliphatic hydroxyl groups is 1. The number of benzene rings is 2. The monoisotopic (exact) mass is 721 g/mol. The van der Waals surface area contributed by atoms with Gasteiger partial charge in [-0.1, -0.05) is 88.7 Å². The summed E-state index contributed by atoms with van der Waals surface area (Å²) in [6.07, 6.45) is 2.77. The highest BCUT2D eigenvalue weighted by atomic mass is 79.9. The van der Waals surface area contributed by atoms with E-state index in [-0.39, 0.29) is 42.8 Å². The number of fused-ring (bicyclic) bond motifs is 1. The Labute approximate surface area is 290 Å². The molecule has 3 aliphatic heterocycles. The highest BCUT2D eigenvalue weighted by molar-refractivity contribution is 9.09. The van der Waals surface area contributed by atoms with Crippen molar-refractivity contribution in [3.8, 4) is 0 Å². The number of aliphatic hydroxyl groups excluding tert-OH is 1. The van der Waals surface area contributed by atoms with Crippen LogP contribution in [-0.2, 0) is 35.2 Å². The Morgan fingerprint density at radius 3 is 2.42 bits per heavy atom. The predicted molar refractivity (Wildman–Crippen MR) is 183 cm³/mol. The highest BCUT2D eigenvalue weighted by Crippen LogP contribution is 2.61. The van der Waals surface area contributed by atoms with Gasteiger partial charge in [0.2, 0.25) is 17.7 Å². The standard InChI is InChI=1S/C37H44BrN3O7/c1-5-7-18-28(43)39-24(4)31(26-16-12-9-13-17-26)47-36(46)29-30-34(44)41(23(3)22-42)33(37(30)20-27(38)32(29)48-37)35(45)40(19-6-2)21-25-14-10-8-11-15-25/h5-6,8-17,23-24,27,29-33,42H,1-2,7,18-22H2,3-4H3,(H,39,43)/t23-,24-,27?,29+,30-,31-,32+,33+,37-/m1/s1. The smallest absolute Gasteiger partial charge is 0.313 e. The van der Waals surface area contributed by atoms with E-state index in [0.717, 1.165) is 5.56 Å². The van der Waals surface area contributed by atoms with E-state index in [1.54, 1.807) is 30.9 Å². The average Bonchev–Trinajstić information content (AvgIpc) is 3.69. The first kappa shape index (κ1) is 35.5. The van der Waals surface area contributed by atoms with Crippen LogP contribution in [0.1, 0.15) is 50.3 Å². The second-order valence-corrected chi connectivity index (χ2v) is 14.1. The molecule has 3 saturated heterocycles. The molecule has 2 N–H and O–H groups in total. The third kappa shape index (κ3) is 6.73. The van der Waals surface area contributed by atoms with Gasteiger partial charge in [-0.25, -0.2) is 0 Å². The minimum absolute atomic E-state index is 0.206. The summed E-state index contributed by atoms with van der Waals surface area (Å²) in [5, 5.41) is 13.2. The lowest BCUT2D eigenvalue weighted by Gasteiger charge is -2.38. The maximum Gasteiger partial charge on any atom is 0.313 e. The number of hydrogen-bond donors (Lipinski definition) is 2. The van der Waals surface area contributed by atoms with Gasteiger partial charge in [-0.3, -0.25) is 19.2 Å². The van der Waals surface area contributed by atoms with E-state index in [2.05, 4.69) is 34.4 Å². The van der Waals surface area contributed by atoms with Crippen LogP contribution in [0.2, 0.25) is 0 Å². The minimum Gasteiger partial charge on any atom is -0.455 e. The second kappa shape index (κ2) is 15.2. The molecule has 2 bridgehead atoms. The van der Waals surface area contributed by atoms with Crippen LogP contribution in [0.5, 0.6) is 0 Å². The summed E-state index contributed by atoms with van der Waals surface area (Å²) in [7, 11) is 0. The van der Waals surface area contributed by atoms with Gasteiger partial charge in [0.05, 0.1) is 36.6 Å². The minimum atomic E-state index is -1.33. The van der Waals surface area contributed by atoms with Gasteiger partial charge in [-0.2, -0.15) is 0 Å². The number of nitrogens with one attached hydrogen (secondary N) is 1. The van der Waals surface area contributed by atoms with Crippen molar-refractivity contribution in [3.05, 3.63) is 97.1 Å².